The minimum Gasteiger partial charge on any atom is -0.311 e. The van der Waals surface area contributed by atoms with Gasteiger partial charge in [0.1, 0.15) is 11.8 Å². The lowest BCUT2D eigenvalue weighted by Gasteiger charge is -1.97. The van der Waals surface area contributed by atoms with Crippen LogP contribution in [0.4, 0.5) is 10.5 Å². The highest BCUT2D eigenvalue weighted by Crippen LogP contribution is 2.05. The summed E-state index contributed by atoms with van der Waals surface area (Å²) in [5.74, 6) is 0. The first kappa shape index (κ1) is 8.50. The molecular formula is C7H4ClN3O. The van der Waals surface area contributed by atoms with Crippen LogP contribution in [-0.2, 0) is 0 Å². The van der Waals surface area contributed by atoms with Crippen molar-refractivity contribution >= 4 is 22.7 Å². The van der Waals surface area contributed by atoms with E-state index in [9.17, 15) is 4.79 Å². The van der Waals surface area contributed by atoms with Crippen molar-refractivity contribution in [2.45, 2.75) is 0 Å². The van der Waals surface area contributed by atoms with E-state index in [1.807, 2.05) is 6.07 Å². The zero-order valence-corrected chi connectivity index (χ0v) is 6.67. The van der Waals surface area contributed by atoms with Crippen LogP contribution in [0.3, 0.4) is 0 Å². The zero-order valence-electron chi connectivity index (χ0n) is 5.91. The minimum atomic E-state index is -0.679. The molecule has 0 spiro atoms. The smallest absolute Gasteiger partial charge is 0.311 e. The second-order valence-electron chi connectivity index (χ2n) is 1.94. The highest BCUT2D eigenvalue weighted by molar-refractivity contribution is 6.65. The van der Waals surface area contributed by atoms with Crippen molar-refractivity contribution in [2.24, 2.45) is 0 Å². The molecule has 0 saturated heterocycles. The summed E-state index contributed by atoms with van der Waals surface area (Å²) in [7, 11) is 0. The molecule has 60 valence electrons. The molecule has 1 N–H and O–H groups in total. The molecule has 0 atom stereocenters. The standard InChI is InChI=1S/C7H4ClN3O/c8-7(12)11-6-2-1-5(3-9)10-4-6/h1-2,4H,(H,11,12). The van der Waals surface area contributed by atoms with Gasteiger partial charge in [-0.2, -0.15) is 5.26 Å². The van der Waals surface area contributed by atoms with Gasteiger partial charge in [0.25, 0.3) is 0 Å². The lowest BCUT2D eigenvalue weighted by atomic mass is 10.3. The maximum Gasteiger partial charge on any atom is 0.318 e. The summed E-state index contributed by atoms with van der Waals surface area (Å²) in [6, 6.07) is 4.89. The lowest BCUT2D eigenvalue weighted by molar-refractivity contribution is 0.269. The lowest BCUT2D eigenvalue weighted by Crippen LogP contribution is -2.01. The Morgan fingerprint density at radius 3 is 2.83 bits per heavy atom. The Hall–Kier alpha value is -1.60. The fourth-order valence-corrected chi connectivity index (χ4v) is 0.757. The van der Waals surface area contributed by atoms with Crippen LogP contribution in [0.1, 0.15) is 5.69 Å². The van der Waals surface area contributed by atoms with E-state index < -0.39 is 5.37 Å². The molecule has 1 rings (SSSR count). The van der Waals surface area contributed by atoms with Gasteiger partial charge in [-0.1, -0.05) is 0 Å². The van der Waals surface area contributed by atoms with Crippen molar-refractivity contribution in [3.05, 3.63) is 24.0 Å². The van der Waals surface area contributed by atoms with Crippen LogP contribution < -0.4 is 5.32 Å². The van der Waals surface area contributed by atoms with Crippen LogP contribution in [-0.4, -0.2) is 10.4 Å². The van der Waals surface area contributed by atoms with Gasteiger partial charge < -0.3 is 5.32 Å². The van der Waals surface area contributed by atoms with Crippen molar-refractivity contribution in [3.8, 4) is 6.07 Å². The van der Waals surface area contributed by atoms with Crippen LogP contribution in [0.2, 0.25) is 0 Å². The van der Waals surface area contributed by atoms with Gasteiger partial charge in [-0.05, 0) is 23.7 Å². The van der Waals surface area contributed by atoms with E-state index in [-0.39, 0.29) is 0 Å². The van der Waals surface area contributed by atoms with E-state index >= 15 is 0 Å². The number of rotatable bonds is 1. The van der Waals surface area contributed by atoms with E-state index in [0.717, 1.165) is 0 Å². The predicted molar refractivity (Wildman–Crippen MR) is 43.8 cm³/mol. The number of nitrogens with one attached hydrogen (secondary N) is 1. The van der Waals surface area contributed by atoms with E-state index in [1.54, 1.807) is 6.07 Å². The molecule has 0 aliphatic carbocycles. The Labute approximate surface area is 73.8 Å². The number of nitriles is 1. The van der Waals surface area contributed by atoms with E-state index in [1.165, 1.54) is 12.3 Å². The molecule has 0 aliphatic heterocycles. The maximum atomic E-state index is 10.3. The first-order chi connectivity index (χ1) is 5.72. The molecule has 0 saturated carbocycles. The summed E-state index contributed by atoms with van der Waals surface area (Å²) in [5, 5.41) is 10.0. The van der Waals surface area contributed by atoms with Crippen LogP contribution >= 0.6 is 11.6 Å². The van der Waals surface area contributed by atoms with Crippen molar-refractivity contribution < 1.29 is 4.79 Å². The zero-order chi connectivity index (χ0) is 8.97. The molecule has 5 heteroatoms. The highest BCUT2D eigenvalue weighted by atomic mass is 35.5. The SMILES string of the molecule is N#Cc1ccc(NC(=O)Cl)cn1. The van der Waals surface area contributed by atoms with Gasteiger partial charge in [0.15, 0.2) is 0 Å². The van der Waals surface area contributed by atoms with Gasteiger partial charge in [0.2, 0.25) is 0 Å². The monoisotopic (exact) mass is 181 g/mol. The van der Waals surface area contributed by atoms with Crippen LogP contribution in [0.5, 0.6) is 0 Å². The number of hydrogen-bond acceptors (Lipinski definition) is 3. The Bertz CT molecular complexity index is 327. The second-order valence-corrected chi connectivity index (χ2v) is 2.29. The Morgan fingerprint density at radius 1 is 1.67 bits per heavy atom. The van der Waals surface area contributed by atoms with Crippen LogP contribution in [0, 0.1) is 11.3 Å². The molecule has 0 unspecified atom stereocenters. The molecule has 1 heterocycles. The number of amides is 1. The first-order valence-corrected chi connectivity index (χ1v) is 3.43. The van der Waals surface area contributed by atoms with Crippen molar-refractivity contribution in [2.75, 3.05) is 5.32 Å². The van der Waals surface area contributed by atoms with Gasteiger partial charge in [-0.15, -0.1) is 0 Å². The molecule has 0 aliphatic rings. The number of nitrogens with zero attached hydrogens (tertiary/aromatic N) is 2. The average Bonchev–Trinajstić information content (AvgIpc) is 2.05. The van der Waals surface area contributed by atoms with Crippen molar-refractivity contribution in [1.29, 1.82) is 5.26 Å². The largest absolute Gasteiger partial charge is 0.318 e. The minimum absolute atomic E-state index is 0.294. The van der Waals surface area contributed by atoms with Gasteiger partial charge in [0.05, 0.1) is 11.9 Å². The number of pyridine rings is 1. The average molecular weight is 182 g/mol. The Morgan fingerprint density at radius 2 is 2.42 bits per heavy atom. The third-order valence-corrected chi connectivity index (χ3v) is 1.22. The number of carbonyl (C=O) groups is 1. The van der Waals surface area contributed by atoms with E-state index in [0.29, 0.717) is 11.4 Å². The number of aromatic nitrogens is 1. The molecule has 0 bridgehead atoms. The normalized spacial score (nSPS) is 8.67. The Balaban J connectivity index is 2.80. The van der Waals surface area contributed by atoms with Gasteiger partial charge in [-0.25, -0.2) is 4.98 Å². The maximum absolute atomic E-state index is 10.3. The third kappa shape index (κ3) is 2.22. The number of hydrogen-bond donors (Lipinski definition) is 1. The molecule has 0 radical (unpaired) electrons. The number of anilines is 1. The van der Waals surface area contributed by atoms with Gasteiger partial charge in [-0.3, -0.25) is 4.79 Å². The molecule has 1 amide bonds. The molecular weight excluding hydrogens is 178 g/mol. The van der Waals surface area contributed by atoms with Crippen molar-refractivity contribution in [3.63, 3.8) is 0 Å². The summed E-state index contributed by atoms with van der Waals surface area (Å²) < 4.78 is 0. The topological polar surface area (TPSA) is 65.8 Å². The molecule has 0 fully saturated rings. The number of halogens is 1. The fourth-order valence-electron chi connectivity index (χ4n) is 0.647. The summed E-state index contributed by atoms with van der Waals surface area (Å²) in [6.07, 6.45) is 1.36. The highest BCUT2D eigenvalue weighted by Gasteiger charge is 1.97. The quantitative estimate of drug-likeness (QED) is 0.530. The second kappa shape index (κ2) is 3.69. The summed E-state index contributed by atoms with van der Waals surface area (Å²) in [4.78, 5) is 14.0. The van der Waals surface area contributed by atoms with Gasteiger partial charge in [0, 0.05) is 0 Å². The van der Waals surface area contributed by atoms with E-state index in [2.05, 4.69) is 10.3 Å². The summed E-state index contributed by atoms with van der Waals surface area (Å²) >= 11 is 5.04. The Kier molecular flexibility index (Phi) is 2.62. The summed E-state index contributed by atoms with van der Waals surface area (Å²) in [6.45, 7) is 0. The van der Waals surface area contributed by atoms with Crippen LogP contribution in [0.15, 0.2) is 18.3 Å². The molecule has 0 aromatic carbocycles. The molecule has 4 nitrogen and oxygen atoms in total. The third-order valence-electron chi connectivity index (χ3n) is 1.12. The molecule has 1 aromatic heterocycles. The van der Waals surface area contributed by atoms with Gasteiger partial charge >= 0.3 is 5.37 Å². The summed E-state index contributed by atoms with van der Waals surface area (Å²) in [5.41, 5.74) is 0.761. The molecule has 1 aromatic rings. The van der Waals surface area contributed by atoms with Crippen molar-refractivity contribution in [1.82, 2.24) is 4.98 Å². The van der Waals surface area contributed by atoms with E-state index in [4.69, 9.17) is 16.9 Å². The predicted octanol–water partition coefficient (Wildman–Crippen LogP) is 1.72. The molecule has 12 heavy (non-hydrogen) atoms. The number of carbonyl (C=O) groups excluding carboxylic acids is 1. The fraction of sp³-hybridized carbons (Fsp3) is 0. The first-order valence-electron chi connectivity index (χ1n) is 3.05. The van der Waals surface area contributed by atoms with Crippen LogP contribution in [0.25, 0.3) is 0 Å².